The Morgan fingerprint density at radius 3 is 2.36 bits per heavy atom. The maximum absolute atomic E-state index is 12.5. The monoisotopic (exact) mass is 381 g/mol. The fraction of sp³-hybridized carbons (Fsp3) is 0.227. The average molecular weight is 381 g/mol. The lowest BCUT2D eigenvalue weighted by atomic mass is 10.1. The smallest absolute Gasteiger partial charge is 0.337 e. The van der Waals surface area contributed by atoms with Crippen molar-refractivity contribution < 1.29 is 23.9 Å². The summed E-state index contributed by atoms with van der Waals surface area (Å²) in [5, 5.41) is 0. The number of nitrogens with zero attached hydrogens (tertiary/aromatic N) is 1. The molecule has 0 bridgehead atoms. The Hall–Kier alpha value is -3.41. The second-order valence-electron chi connectivity index (χ2n) is 6.07. The van der Waals surface area contributed by atoms with Crippen molar-refractivity contribution in [3.63, 3.8) is 0 Å². The molecular formula is C22H23NO5. The maximum Gasteiger partial charge on any atom is 0.337 e. The number of hydrogen-bond acceptors (Lipinski definition) is 5. The number of carbonyl (C=O) groups is 3. The minimum atomic E-state index is -0.571. The molecule has 0 fully saturated rings. The minimum Gasteiger partial charge on any atom is -0.465 e. The Morgan fingerprint density at radius 1 is 1.07 bits per heavy atom. The normalized spacial score (nSPS) is 11.1. The van der Waals surface area contributed by atoms with Crippen LogP contribution in [0.25, 0.3) is 5.69 Å². The van der Waals surface area contributed by atoms with Crippen molar-refractivity contribution in [2.24, 2.45) is 0 Å². The van der Waals surface area contributed by atoms with Crippen LogP contribution in [0.5, 0.6) is 0 Å². The zero-order chi connectivity index (χ0) is 20.7. The van der Waals surface area contributed by atoms with Crippen molar-refractivity contribution in [3.8, 4) is 5.69 Å². The lowest BCUT2D eigenvalue weighted by Gasteiger charge is -2.10. The number of aromatic nitrogens is 1. The first kappa shape index (κ1) is 20.9. The van der Waals surface area contributed by atoms with Gasteiger partial charge in [-0.1, -0.05) is 18.2 Å². The number of benzene rings is 1. The van der Waals surface area contributed by atoms with Crippen LogP contribution in [-0.4, -0.2) is 36.0 Å². The molecule has 0 radical (unpaired) electrons. The number of aryl methyl sites for hydroxylation is 1. The molecule has 0 saturated heterocycles. The summed E-state index contributed by atoms with van der Waals surface area (Å²) in [5.74, 6) is -1.26. The minimum absolute atomic E-state index is 0.279. The lowest BCUT2D eigenvalue weighted by molar-refractivity contribution is -0.136. The van der Waals surface area contributed by atoms with Crippen LogP contribution in [0.15, 0.2) is 54.6 Å². The average Bonchev–Trinajstić information content (AvgIpc) is 3.00. The summed E-state index contributed by atoms with van der Waals surface area (Å²) >= 11 is 0. The molecule has 0 saturated carbocycles. The molecule has 0 aliphatic carbocycles. The van der Waals surface area contributed by atoms with Gasteiger partial charge in [-0.2, -0.15) is 0 Å². The number of hydrogen-bond donors (Lipinski definition) is 0. The third kappa shape index (κ3) is 4.85. The molecule has 0 spiro atoms. The van der Waals surface area contributed by atoms with Crippen LogP contribution < -0.4 is 0 Å². The van der Waals surface area contributed by atoms with Crippen molar-refractivity contribution in [2.75, 3.05) is 13.7 Å². The fourth-order valence-corrected chi connectivity index (χ4v) is 2.81. The number of esters is 2. The molecule has 6 nitrogen and oxygen atoms in total. The summed E-state index contributed by atoms with van der Waals surface area (Å²) in [4.78, 5) is 35.7. The highest BCUT2D eigenvalue weighted by atomic mass is 16.5. The predicted octanol–water partition coefficient (Wildman–Crippen LogP) is 3.74. The second-order valence-corrected chi connectivity index (χ2v) is 6.07. The van der Waals surface area contributed by atoms with E-state index in [1.54, 1.807) is 48.6 Å². The molecule has 2 rings (SSSR count). The third-order valence-electron chi connectivity index (χ3n) is 4.16. The fourth-order valence-electron chi connectivity index (χ4n) is 2.81. The largest absolute Gasteiger partial charge is 0.465 e. The molecule has 0 atom stereocenters. The number of allylic oxidation sites excluding steroid dienone is 3. The van der Waals surface area contributed by atoms with Crippen molar-refractivity contribution in [1.82, 2.24) is 4.57 Å². The van der Waals surface area contributed by atoms with Crippen LogP contribution in [-0.2, 0) is 14.3 Å². The van der Waals surface area contributed by atoms with E-state index in [4.69, 9.17) is 9.47 Å². The molecule has 1 aromatic heterocycles. The van der Waals surface area contributed by atoms with Gasteiger partial charge in [0.2, 0.25) is 5.78 Å². The van der Waals surface area contributed by atoms with Gasteiger partial charge in [0.05, 0.1) is 12.7 Å². The van der Waals surface area contributed by atoms with Gasteiger partial charge in [0.1, 0.15) is 0 Å². The topological polar surface area (TPSA) is 74.6 Å². The first-order chi connectivity index (χ1) is 13.4. The van der Waals surface area contributed by atoms with E-state index < -0.39 is 11.9 Å². The van der Waals surface area contributed by atoms with Gasteiger partial charge in [0.25, 0.3) is 0 Å². The van der Waals surface area contributed by atoms with E-state index in [0.29, 0.717) is 11.1 Å². The number of rotatable bonds is 7. The highest BCUT2D eigenvalue weighted by Crippen LogP contribution is 2.22. The molecule has 28 heavy (non-hydrogen) atoms. The van der Waals surface area contributed by atoms with E-state index in [2.05, 4.69) is 0 Å². The van der Waals surface area contributed by atoms with Crippen LogP contribution in [0.1, 0.15) is 39.0 Å². The highest BCUT2D eigenvalue weighted by Gasteiger charge is 2.18. The number of methoxy groups -OCH3 is 1. The lowest BCUT2D eigenvalue weighted by Crippen LogP contribution is -2.13. The number of carbonyl (C=O) groups excluding carboxylic acids is 3. The maximum atomic E-state index is 12.5. The van der Waals surface area contributed by atoms with Crippen LogP contribution in [0.4, 0.5) is 0 Å². The van der Waals surface area contributed by atoms with Gasteiger partial charge in [-0.3, -0.25) is 4.79 Å². The van der Waals surface area contributed by atoms with E-state index in [1.807, 2.05) is 25.3 Å². The van der Waals surface area contributed by atoms with E-state index >= 15 is 0 Å². The summed E-state index contributed by atoms with van der Waals surface area (Å²) < 4.78 is 11.6. The van der Waals surface area contributed by atoms with Gasteiger partial charge >= 0.3 is 11.9 Å². The van der Waals surface area contributed by atoms with Crippen molar-refractivity contribution in [2.45, 2.75) is 20.8 Å². The van der Waals surface area contributed by atoms with E-state index in [0.717, 1.165) is 17.1 Å². The highest BCUT2D eigenvalue weighted by molar-refractivity contribution is 6.00. The molecule has 0 unspecified atom stereocenters. The summed E-state index contributed by atoms with van der Waals surface area (Å²) in [7, 11) is 1.33. The Kier molecular flexibility index (Phi) is 7.09. The quantitative estimate of drug-likeness (QED) is 0.316. The van der Waals surface area contributed by atoms with Gasteiger partial charge in [-0.05, 0) is 51.1 Å². The summed E-state index contributed by atoms with van der Waals surface area (Å²) in [6.45, 7) is 5.20. The summed E-state index contributed by atoms with van der Waals surface area (Å²) in [6, 6.07) is 8.66. The Balaban J connectivity index is 2.17. The van der Waals surface area contributed by atoms with Crippen LogP contribution in [0.3, 0.4) is 0 Å². The van der Waals surface area contributed by atoms with Gasteiger partial charge in [-0.25, -0.2) is 9.59 Å². The van der Waals surface area contributed by atoms with Gasteiger partial charge in [-0.15, -0.1) is 0 Å². The molecule has 0 amide bonds. The first-order valence-electron chi connectivity index (χ1n) is 8.76. The van der Waals surface area contributed by atoms with Crippen LogP contribution >= 0.6 is 0 Å². The molecule has 1 heterocycles. The molecule has 146 valence electrons. The molecule has 0 aliphatic rings. The predicted molar refractivity (Wildman–Crippen MR) is 106 cm³/mol. The Morgan fingerprint density at radius 2 is 1.75 bits per heavy atom. The molecule has 1 aromatic carbocycles. The van der Waals surface area contributed by atoms with E-state index in [1.165, 1.54) is 13.2 Å². The molecule has 0 aliphatic heterocycles. The SMILES string of the molecule is CC=CC=CC(=O)OCC(=O)c1cc(C)n(-c2ccc(C(=O)OC)cc2)c1C. The number of ether oxygens (including phenoxy) is 2. The van der Waals surface area contributed by atoms with Crippen molar-refractivity contribution in [1.29, 1.82) is 0 Å². The molecule has 6 heteroatoms. The zero-order valence-electron chi connectivity index (χ0n) is 16.4. The van der Waals surface area contributed by atoms with Gasteiger partial charge in [0.15, 0.2) is 6.61 Å². The van der Waals surface area contributed by atoms with Crippen molar-refractivity contribution in [3.05, 3.63) is 77.2 Å². The summed E-state index contributed by atoms with van der Waals surface area (Å²) in [6.07, 6.45) is 6.29. The van der Waals surface area contributed by atoms with Crippen LogP contribution in [0.2, 0.25) is 0 Å². The van der Waals surface area contributed by atoms with Crippen molar-refractivity contribution >= 4 is 17.7 Å². The zero-order valence-corrected chi connectivity index (χ0v) is 16.4. The number of Topliss-reactive ketones (excluding diaryl/α,β-unsaturated/α-hetero) is 1. The first-order valence-corrected chi connectivity index (χ1v) is 8.76. The number of ketones is 1. The van der Waals surface area contributed by atoms with E-state index in [-0.39, 0.29) is 12.4 Å². The van der Waals surface area contributed by atoms with Gasteiger partial charge in [0, 0.05) is 28.7 Å². The summed E-state index contributed by atoms with van der Waals surface area (Å²) in [5.41, 5.74) is 3.33. The molecule has 2 aromatic rings. The third-order valence-corrected chi connectivity index (χ3v) is 4.16. The Bertz CT molecular complexity index is 933. The Labute approximate surface area is 164 Å². The van der Waals surface area contributed by atoms with Gasteiger partial charge < -0.3 is 14.0 Å². The molecular weight excluding hydrogens is 358 g/mol. The van der Waals surface area contributed by atoms with E-state index in [9.17, 15) is 14.4 Å². The molecule has 0 N–H and O–H groups in total. The standard InChI is InChI=1S/C22H23NO5/c1-5-6-7-8-21(25)28-14-20(24)19-13-15(2)23(16(19)3)18-11-9-17(10-12-18)22(26)27-4/h5-13H,14H2,1-4H3. The second kappa shape index (κ2) is 9.50. The van der Waals surface area contributed by atoms with Crippen LogP contribution in [0, 0.1) is 13.8 Å².